The Bertz CT molecular complexity index is 61.3. The summed E-state index contributed by atoms with van der Waals surface area (Å²) >= 11 is 0. The minimum atomic E-state index is 0. The van der Waals surface area contributed by atoms with Crippen LogP contribution in [0, 0.1) is 37.1 Å². The van der Waals surface area contributed by atoms with Gasteiger partial charge in [0.15, 0.2) is 0 Å². The summed E-state index contributed by atoms with van der Waals surface area (Å²) in [4.78, 5) is 0. The molecule has 0 saturated carbocycles. The molecule has 0 atom stereocenters. The Labute approximate surface area is 93.5 Å². The van der Waals surface area contributed by atoms with Crippen molar-refractivity contribution in [3.05, 3.63) is 67.5 Å². The topological polar surface area (TPSA) is 0 Å². The third kappa shape index (κ3) is 25.3. The second-order valence-corrected chi connectivity index (χ2v) is 0.962. The Morgan fingerprint density at radius 1 is 0.636 bits per heavy atom. The van der Waals surface area contributed by atoms with Crippen molar-refractivity contribution in [1.82, 2.24) is 0 Å². The van der Waals surface area contributed by atoms with Crippen LogP contribution in [0.1, 0.15) is 0 Å². The van der Waals surface area contributed by atoms with Crippen LogP contribution in [0.2, 0.25) is 0 Å². The molecular formula is C10H20Zr-6. The Balaban J connectivity index is -0.0000000104. The first-order valence-corrected chi connectivity index (χ1v) is 1.67. The molecule has 1 aromatic carbocycles. The Hall–Kier alpha value is 0.233. The summed E-state index contributed by atoms with van der Waals surface area (Å²) in [5.41, 5.74) is 0. The number of rotatable bonds is 0. The van der Waals surface area contributed by atoms with Gasteiger partial charge in [0, 0.05) is 26.2 Å². The van der Waals surface area contributed by atoms with E-state index >= 15 is 0 Å². The van der Waals surface area contributed by atoms with Crippen LogP contribution in [0.4, 0.5) is 0 Å². The fraction of sp³-hybridized carbons (Fsp3) is 0. The minimum Gasteiger partial charge on any atom is -0.358 e. The van der Waals surface area contributed by atoms with Gasteiger partial charge >= 0.3 is 0 Å². The molecule has 0 unspecified atom stereocenters. The molecule has 0 aromatic heterocycles. The molecule has 0 saturated heterocycles. The van der Waals surface area contributed by atoms with Crippen molar-refractivity contribution < 1.29 is 26.2 Å². The van der Waals surface area contributed by atoms with E-state index in [4.69, 9.17) is 0 Å². The second-order valence-electron chi connectivity index (χ2n) is 0.962. The fourth-order valence-electron chi connectivity index (χ4n) is 0.321. The van der Waals surface area contributed by atoms with Crippen LogP contribution < -0.4 is 0 Å². The first kappa shape index (κ1) is 43.0. The van der Waals surface area contributed by atoms with Gasteiger partial charge in [-0.05, 0) is 0 Å². The van der Waals surface area contributed by atoms with E-state index in [0.717, 1.165) is 0 Å². The molecule has 0 N–H and O–H groups in total. The molecular weight excluding hydrogens is 211 g/mol. The van der Waals surface area contributed by atoms with Crippen molar-refractivity contribution in [3.8, 4) is 0 Å². The summed E-state index contributed by atoms with van der Waals surface area (Å²) in [6.45, 7) is 0. The largest absolute Gasteiger partial charge is 0.358 e. The van der Waals surface area contributed by atoms with Crippen LogP contribution in [-0.4, -0.2) is 0 Å². The van der Waals surface area contributed by atoms with Gasteiger partial charge in [0.2, 0.25) is 0 Å². The van der Waals surface area contributed by atoms with E-state index in [-0.39, 0.29) is 63.3 Å². The molecule has 0 amide bonds. The van der Waals surface area contributed by atoms with Crippen molar-refractivity contribution in [2.24, 2.45) is 0 Å². The molecule has 1 rings (SSSR count). The molecule has 0 radical (unpaired) electrons. The Morgan fingerprint density at radius 3 is 1.00 bits per heavy atom. The summed E-state index contributed by atoms with van der Waals surface area (Å²) in [6.07, 6.45) is 0. The van der Waals surface area contributed by atoms with E-state index in [1.807, 2.05) is 30.3 Å². The van der Waals surface area contributed by atoms with Crippen LogP contribution in [0.25, 0.3) is 0 Å². The van der Waals surface area contributed by atoms with Gasteiger partial charge in [-0.3, -0.25) is 0 Å². The molecule has 0 bridgehead atoms. The maximum absolute atomic E-state index is 2.00. The summed E-state index contributed by atoms with van der Waals surface area (Å²) < 4.78 is 0. The maximum Gasteiger partial charge on any atom is 0 e. The van der Waals surface area contributed by atoms with Crippen LogP contribution in [0.15, 0.2) is 30.3 Å². The van der Waals surface area contributed by atoms with E-state index in [9.17, 15) is 0 Å². The Kier molecular flexibility index (Phi) is 124. The predicted molar refractivity (Wildman–Crippen MR) is 54.1 cm³/mol. The summed E-state index contributed by atoms with van der Waals surface area (Å²) in [7, 11) is 0. The molecule has 0 aliphatic carbocycles. The minimum absolute atomic E-state index is 0. The van der Waals surface area contributed by atoms with Gasteiger partial charge in [0.25, 0.3) is 0 Å². The van der Waals surface area contributed by atoms with Crippen LogP contribution in [-0.2, 0) is 26.2 Å². The standard InChI is InChI=1S/C5H5.5CH3.Zr/c1-2-4-5-3-1;;;;;;/h1-5H;5*1H3;/q6*-1;. The molecule has 1 heteroatoms. The first-order valence-electron chi connectivity index (χ1n) is 1.67. The predicted octanol–water partition coefficient (Wildman–Crippen LogP) is 3.65. The van der Waals surface area contributed by atoms with Gasteiger partial charge in [-0.2, -0.15) is 18.2 Å². The van der Waals surface area contributed by atoms with Gasteiger partial charge in [-0.25, -0.2) is 12.1 Å². The zero-order chi connectivity index (χ0) is 3.54. The zero-order valence-electron chi connectivity index (χ0n) is 8.39. The zero-order valence-corrected chi connectivity index (χ0v) is 10.8. The van der Waals surface area contributed by atoms with E-state index in [2.05, 4.69) is 0 Å². The summed E-state index contributed by atoms with van der Waals surface area (Å²) in [5, 5.41) is 0. The average molecular weight is 231 g/mol. The maximum atomic E-state index is 2.00. The number of hydrogen-bond donors (Lipinski definition) is 0. The van der Waals surface area contributed by atoms with Crippen molar-refractivity contribution >= 4 is 0 Å². The normalized spacial score (nSPS) is 3.64. The van der Waals surface area contributed by atoms with Crippen LogP contribution in [0.5, 0.6) is 0 Å². The van der Waals surface area contributed by atoms with Gasteiger partial charge in [0.05, 0.1) is 0 Å². The summed E-state index contributed by atoms with van der Waals surface area (Å²) in [6, 6.07) is 10.0. The fourth-order valence-corrected chi connectivity index (χ4v) is 0.321. The third-order valence-corrected chi connectivity index (χ3v) is 0.556. The van der Waals surface area contributed by atoms with Crippen molar-refractivity contribution in [1.29, 1.82) is 0 Å². The van der Waals surface area contributed by atoms with E-state index in [0.29, 0.717) is 0 Å². The first-order chi connectivity index (χ1) is 2.50. The molecule has 0 nitrogen and oxygen atoms in total. The van der Waals surface area contributed by atoms with Crippen LogP contribution >= 0.6 is 0 Å². The molecule has 70 valence electrons. The van der Waals surface area contributed by atoms with E-state index < -0.39 is 0 Å². The van der Waals surface area contributed by atoms with Crippen molar-refractivity contribution in [2.75, 3.05) is 0 Å². The number of hydrogen-bond acceptors (Lipinski definition) is 0. The van der Waals surface area contributed by atoms with Gasteiger partial charge in [-0.15, -0.1) is 0 Å². The van der Waals surface area contributed by atoms with E-state index in [1.54, 1.807) is 0 Å². The third-order valence-electron chi connectivity index (χ3n) is 0.556. The Morgan fingerprint density at radius 2 is 0.909 bits per heavy atom. The molecule has 0 aliphatic heterocycles. The average Bonchev–Trinajstić information content (AvgIpc) is 1.76. The molecule has 0 spiro atoms. The van der Waals surface area contributed by atoms with Crippen molar-refractivity contribution in [3.63, 3.8) is 0 Å². The van der Waals surface area contributed by atoms with Crippen molar-refractivity contribution in [2.45, 2.75) is 0 Å². The SMILES string of the molecule is [CH3-].[CH3-].[CH3-].[CH3-].[CH3-].[Zr].c1cc[cH-]c1. The quantitative estimate of drug-likeness (QED) is 0.598. The summed E-state index contributed by atoms with van der Waals surface area (Å²) in [5.74, 6) is 0. The second kappa shape index (κ2) is 31.9. The molecule has 0 fully saturated rings. The smallest absolute Gasteiger partial charge is 0 e. The van der Waals surface area contributed by atoms with Crippen LogP contribution in [0.3, 0.4) is 0 Å². The van der Waals surface area contributed by atoms with Gasteiger partial charge in [-0.1, -0.05) is 0 Å². The monoisotopic (exact) mass is 230 g/mol. The molecule has 1 aromatic rings. The van der Waals surface area contributed by atoms with Gasteiger partial charge < -0.3 is 37.1 Å². The van der Waals surface area contributed by atoms with E-state index in [1.165, 1.54) is 0 Å². The molecule has 0 aliphatic rings. The molecule has 0 heterocycles. The van der Waals surface area contributed by atoms with Gasteiger partial charge in [0.1, 0.15) is 0 Å². The molecule has 11 heavy (non-hydrogen) atoms.